The van der Waals surface area contributed by atoms with E-state index in [2.05, 4.69) is 82.7 Å². The maximum Gasteiger partial charge on any atom is 0.194 e. The van der Waals surface area contributed by atoms with Gasteiger partial charge in [0.2, 0.25) is 0 Å². The number of hydrogen-bond donors (Lipinski definition) is 2. The number of benzene rings is 2. The highest BCUT2D eigenvalue weighted by Crippen LogP contribution is 2.16. The molecule has 0 radical (unpaired) electrons. The summed E-state index contributed by atoms with van der Waals surface area (Å²) in [6, 6.07) is 16.8. The molecule has 140 valence electrons. The fourth-order valence-corrected chi connectivity index (χ4v) is 2.84. The van der Waals surface area contributed by atoms with E-state index >= 15 is 0 Å². The summed E-state index contributed by atoms with van der Waals surface area (Å²) in [7, 11) is 2.06. The van der Waals surface area contributed by atoms with E-state index in [-0.39, 0.29) is 0 Å². The molecular formula is C21H26N6. The van der Waals surface area contributed by atoms with Crippen LogP contribution in [0.1, 0.15) is 23.6 Å². The summed E-state index contributed by atoms with van der Waals surface area (Å²) >= 11 is 0. The molecule has 0 bridgehead atoms. The summed E-state index contributed by atoms with van der Waals surface area (Å²) in [5.41, 5.74) is 4.68. The van der Waals surface area contributed by atoms with Crippen molar-refractivity contribution in [2.75, 3.05) is 13.6 Å². The third-order valence-corrected chi connectivity index (χ3v) is 4.26. The Balaban J connectivity index is 1.71. The largest absolute Gasteiger partial charge is 0.357 e. The Morgan fingerprint density at radius 1 is 1.15 bits per heavy atom. The zero-order valence-corrected chi connectivity index (χ0v) is 16.1. The Labute approximate surface area is 160 Å². The number of rotatable bonds is 6. The molecule has 3 rings (SSSR count). The summed E-state index contributed by atoms with van der Waals surface area (Å²) in [6.45, 7) is 6.42. The summed E-state index contributed by atoms with van der Waals surface area (Å²) in [5.74, 6) is 1.66. The second-order valence-electron chi connectivity index (χ2n) is 6.55. The number of nitrogens with zero attached hydrogens (tertiary/aromatic N) is 4. The molecule has 0 amide bonds. The lowest BCUT2D eigenvalue weighted by Crippen LogP contribution is -2.38. The molecule has 0 aliphatic carbocycles. The minimum atomic E-state index is 0.600. The van der Waals surface area contributed by atoms with Crippen LogP contribution >= 0.6 is 0 Å². The summed E-state index contributed by atoms with van der Waals surface area (Å²) in [4.78, 5) is 11.2. The van der Waals surface area contributed by atoms with Crippen LogP contribution in [0.15, 0.2) is 59.9 Å². The van der Waals surface area contributed by atoms with E-state index in [1.165, 1.54) is 17.5 Å². The van der Waals surface area contributed by atoms with Gasteiger partial charge in [-0.3, -0.25) is 5.10 Å². The topological polar surface area (TPSA) is 69.2 Å². The van der Waals surface area contributed by atoms with Gasteiger partial charge in [-0.1, -0.05) is 48.0 Å². The van der Waals surface area contributed by atoms with E-state index in [9.17, 15) is 0 Å². The zero-order chi connectivity index (χ0) is 19.1. The maximum absolute atomic E-state index is 4.81. The second kappa shape index (κ2) is 8.98. The van der Waals surface area contributed by atoms with E-state index in [4.69, 9.17) is 4.99 Å². The molecule has 0 fully saturated rings. The SMILES string of the molecule is CCNC(=NCc1cccc(-c2ncn[nH]2)c1)N(C)Cc1ccc(C)cc1. The van der Waals surface area contributed by atoms with Crippen molar-refractivity contribution in [1.82, 2.24) is 25.4 Å². The molecule has 27 heavy (non-hydrogen) atoms. The number of aromatic nitrogens is 3. The van der Waals surface area contributed by atoms with Crippen molar-refractivity contribution < 1.29 is 0 Å². The van der Waals surface area contributed by atoms with Crippen molar-refractivity contribution in [1.29, 1.82) is 0 Å². The fraction of sp³-hybridized carbons (Fsp3) is 0.286. The Morgan fingerprint density at radius 3 is 2.67 bits per heavy atom. The number of guanidine groups is 1. The van der Waals surface area contributed by atoms with Gasteiger partial charge in [-0.25, -0.2) is 9.98 Å². The van der Waals surface area contributed by atoms with E-state index in [0.29, 0.717) is 6.54 Å². The second-order valence-corrected chi connectivity index (χ2v) is 6.55. The van der Waals surface area contributed by atoms with Gasteiger partial charge in [-0.2, -0.15) is 5.10 Å². The smallest absolute Gasteiger partial charge is 0.194 e. The summed E-state index contributed by atoms with van der Waals surface area (Å²) in [6.07, 6.45) is 1.52. The molecule has 0 spiro atoms. The average Bonchev–Trinajstić information content (AvgIpc) is 3.22. The summed E-state index contributed by atoms with van der Waals surface area (Å²) < 4.78 is 0. The molecular weight excluding hydrogens is 336 g/mol. The van der Waals surface area contributed by atoms with Crippen LogP contribution in [-0.2, 0) is 13.1 Å². The van der Waals surface area contributed by atoms with Crippen molar-refractivity contribution >= 4 is 5.96 Å². The Morgan fingerprint density at radius 2 is 1.96 bits per heavy atom. The number of H-pyrrole nitrogens is 1. The van der Waals surface area contributed by atoms with Crippen molar-refractivity contribution in [3.05, 3.63) is 71.5 Å². The molecule has 3 aromatic rings. The van der Waals surface area contributed by atoms with Crippen LogP contribution in [-0.4, -0.2) is 39.6 Å². The first kappa shape index (κ1) is 18.6. The number of aromatic amines is 1. The van der Waals surface area contributed by atoms with Crippen LogP contribution in [0.3, 0.4) is 0 Å². The molecule has 0 saturated carbocycles. The minimum absolute atomic E-state index is 0.600. The first-order chi connectivity index (χ1) is 13.2. The Hall–Kier alpha value is -3.15. The van der Waals surface area contributed by atoms with Crippen LogP contribution in [0.25, 0.3) is 11.4 Å². The highest BCUT2D eigenvalue weighted by atomic mass is 15.3. The van der Waals surface area contributed by atoms with Crippen LogP contribution in [0.2, 0.25) is 0 Å². The number of aliphatic imine (C=N–C) groups is 1. The molecule has 2 aromatic carbocycles. The highest BCUT2D eigenvalue weighted by molar-refractivity contribution is 5.79. The molecule has 1 aromatic heterocycles. The number of nitrogens with one attached hydrogen (secondary N) is 2. The lowest BCUT2D eigenvalue weighted by atomic mass is 10.1. The molecule has 0 saturated heterocycles. The van der Waals surface area contributed by atoms with Crippen LogP contribution < -0.4 is 5.32 Å². The Kier molecular flexibility index (Phi) is 6.20. The van der Waals surface area contributed by atoms with Gasteiger partial charge < -0.3 is 10.2 Å². The van der Waals surface area contributed by atoms with Crippen LogP contribution in [0.4, 0.5) is 0 Å². The third kappa shape index (κ3) is 5.17. The van der Waals surface area contributed by atoms with Crippen molar-refractivity contribution in [2.45, 2.75) is 26.9 Å². The van der Waals surface area contributed by atoms with Gasteiger partial charge in [0.05, 0.1) is 6.54 Å². The normalized spacial score (nSPS) is 11.4. The van der Waals surface area contributed by atoms with E-state index < -0.39 is 0 Å². The van der Waals surface area contributed by atoms with E-state index in [0.717, 1.165) is 36.0 Å². The monoisotopic (exact) mass is 362 g/mol. The zero-order valence-electron chi connectivity index (χ0n) is 16.1. The quantitative estimate of drug-likeness (QED) is 0.521. The molecule has 6 nitrogen and oxygen atoms in total. The lowest BCUT2D eigenvalue weighted by Gasteiger charge is -2.22. The van der Waals surface area contributed by atoms with E-state index in [1.807, 2.05) is 12.1 Å². The van der Waals surface area contributed by atoms with Gasteiger partial charge in [0.1, 0.15) is 6.33 Å². The Bertz CT molecular complexity index is 868. The lowest BCUT2D eigenvalue weighted by molar-refractivity contribution is 0.477. The maximum atomic E-state index is 4.81. The molecule has 2 N–H and O–H groups in total. The van der Waals surface area contributed by atoms with Crippen molar-refractivity contribution in [3.63, 3.8) is 0 Å². The van der Waals surface area contributed by atoms with Crippen LogP contribution in [0.5, 0.6) is 0 Å². The first-order valence-corrected chi connectivity index (χ1v) is 9.15. The molecule has 0 atom stereocenters. The summed E-state index contributed by atoms with van der Waals surface area (Å²) in [5, 5.41) is 10.2. The molecule has 1 heterocycles. The minimum Gasteiger partial charge on any atom is -0.357 e. The van der Waals surface area contributed by atoms with Crippen molar-refractivity contribution in [3.8, 4) is 11.4 Å². The molecule has 0 aliphatic rings. The van der Waals surface area contributed by atoms with Gasteiger partial charge in [0.25, 0.3) is 0 Å². The van der Waals surface area contributed by atoms with Gasteiger partial charge in [-0.05, 0) is 31.0 Å². The predicted octanol–water partition coefficient (Wildman–Crippen LogP) is 3.38. The molecule has 0 aliphatic heterocycles. The highest BCUT2D eigenvalue weighted by Gasteiger charge is 2.07. The first-order valence-electron chi connectivity index (χ1n) is 9.15. The predicted molar refractivity (Wildman–Crippen MR) is 109 cm³/mol. The van der Waals surface area contributed by atoms with E-state index in [1.54, 1.807) is 0 Å². The fourth-order valence-electron chi connectivity index (χ4n) is 2.84. The van der Waals surface area contributed by atoms with Gasteiger partial charge in [0.15, 0.2) is 11.8 Å². The third-order valence-electron chi connectivity index (χ3n) is 4.26. The molecule has 0 unspecified atom stereocenters. The average molecular weight is 362 g/mol. The number of aryl methyl sites for hydroxylation is 1. The number of hydrogen-bond acceptors (Lipinski definition) is 3. The van der Waals surface area contributed by atoms with Crippen molar-refractivity contribution in [2.24, 2.45) is 4.99 Å². The van der Waals surface area contributed by atoms with Gasteiger partial charge in [0, 0.05) is 25.7 Å². The van der Waals surface area contributed by atoms with Gasteiger partial charge in [-0.15, -0.1) is 0 Å². The molecule has 6 heteroatoms. The van der Waals surface area contributed by atoms with Crippen LogP contribution in [0, 0.1) is 6.92 Å². The standard InChI is InChI=1S/C21H26N6/c1-4-22-21(27(3)14-17-10-8-16(2)9-11-17)23-13-18-6-5-7-19(12-18)20-24-15-25-26-20/h5-12,15H,4,13-14H2,1-3H3,(H,22,23)(H,24,25,26). The van der Waals surface area contributed by atoms with Gasteiger partial charge >= 0.3 is 0 Å².